The fourth-order valence-electron chi connectivity index (χ4n) is 2.24. The number of nitrogens with zero attached hydrogens (tertiary/aromatic N) is 4. The standard InChI is InChI=1S/C13H23N5/c1-12-4-6-15-13(16-12)18-10-8-17(9-11-18)7-3-2-5-14/h4,6H,2-3,5,7-11,14H2,1H3. The third-order valence-corrected chi connectivity index (χ3v) is 3.37. The van der Waals surface area contributed by atoms with Crippen molar-refractivity contribution in [3.05, 3.63) is 18.0 Å². The lowest BCUT2D eigenvalue weighted by atomic mass is 10.2. The normalized spacial score (nSPS) is 17.1. The highest BCUT2D eigenvalue weighted by atomic mass is 15.3. The molecule has 0 atom stereocenters. The lowest BCUT2D eigenvalue weighted by molar-refractivity contribution is 0.252. The third kappa shape index (κ3) is 3.65. The zero-order valence-corrected chi connectivity index (χ0v) is 11.2. The molecule has 1 aromatic rings. The van der Waals surface area contributed by atoms with Gasteiger partial charge < -0.3 is 10.6 Å². The Balaban J connectivity index is 1.79. The molecule has 0 aliphatic carbocycles. The van der Waals surface area contributed by atoms with E-state index in [4.69, 9.17) is 5.73 Å². The van der Waals surface area contributed by atoms with Gasteiger partial charge in [-0.25, -0.2) is 9.97 Å². The maximum Gasteiger partial charge on any atom is 0.225 e. The molecule has 0 unspecified atom stereocenters. The van der Waals surface area contributed by atoms with Crippen LogP contribution < -0.4 is 10.6 Å². The highest BCUT2D eigenvalue weighted by Gasteiger charge is 2.18. The quantitative estimate of drug-likeness (QED) is 0.776. The van der Waals surface area contributed by atoms with E-state index >= 15 is 0 Å². The van der Waals surface area contributed by atoms with Gasteiger partial charge >= 0.3 is 0 Å². The van der Waals surface area contributed by atoms with E-state index in [1.54, 1.807) is 0 Å². The lowest BCUT2D eigenvalue weighted by Crippen LogP contribution is -2.47. The number of hydrogen-bond donors (Lipinski definition) is 1. The average Bonchev–Trinajstić information content (AvgIpc) is 2.40. The van der Waals surface area contributed by atoms with Gasteiger partial charge in [0.2, 0.25) is 5.95 Å². The van der Waals surface area contributed by atoms with Crippen molar-refractivity contribution in [1.29, 1.82) is 0 Å². The Hall–Kier alpha value is -1.20. The Morgan fingerprint density at radius 1 is 1.22 bits per heavy atom. The Kier molecular flexibility index (Phi) is 4.90. The van der Waals surface area contributed by atoms with Crippen molar-refractivity contribution in [3.63, 3.8) is 0 Å². The SMILES string of the molecule is Cc1ccnc(N2CCN(CCCCN)CC2)n1. The van der Waals surface area contributed by atoms with E-state index in [1.807, 2.05) is 19.2 Å². The van der Waals surface area contributed by atoms with Crippen LogP contribution in [0.4, 0.5) is 5.95 Å². The van der Waals surface area contributed by atoms with Crippen molar-refractivity contribution in [2.24, 2.45) is 5.73 Å². The second-order valence-corrected chi connectivity index (χ2v) is 4.82. The Morgan fingerprint density at radius 2 is 2.00 bits per heavy atom. The molecule has 5 heteroatoms. The van der Waals surface area contributed by atoms with E-state index in [9.17, 15) is 0 Å². The highest BCUT2D eigenvalue weighted by Crippen LogP contribution is 2.11. The van der Waals surface area contributed by atoms with Crippen molar-refractivity contribution in [2.75, 3.05) is 44.2 Å². The molecular formula is C13H23N5. The van der Waals surface area contributed by atoms with Crippen molar-refractivity contribution < 1.29 is 0 Å². The zero-order valence-electron chi connectivity index (χ0n) is 11.2. The van der Waals surface area contributed by atoms with Gasteiger partial charge in [-0.3, -0.25) is 4.90 Å². The van der Waals surface area contributed by atoms with Crippen LogP contribution in [0.5, 0.6) is 0 Å². The van der Waals surface area contributed by atoms with Gasteiger partial charge in [-0.05, 0) is 38.9 Å². The summed E-state index contributed by atoms with van der Waals surface area (Å²) in [4.78, 5) is 13.6. The summed E-state index contributed by atoms with van der Waals surface area (Å²) in [5.41, 5.74) is 6.55. The van der Waals surface area contributed by atoms with Gasteiger partial charge in [0.25, 0.3) is 0 Å². The Labute approximate surface area is 109 Å². The summed E-state index contributed by atoms with van der Waals surface area (Å²) in [6.45, 7) is 8.22. The Morgan fingerprint density at radius 3 is 2.67 bits per heavy atom. The lowest BCUT2D eigenvalue weighted by Gasteiger charge is -2.34. The molecular weight excluding hydrogens is 226 g/mol. The largest absolute Gasteiger partial charge is 0.338 e. The molecule has 1 aromatic heterocycles. The van der Waals surface area contributed by atoms with Gasteiger partial charge in [0.15, 0.2) is 0 Å². The second-order valence-electron chi connectivity index (χ2n) is 4.82. The molecule has 1 aliphatic rings. The molecule has 1 fully saturated rings. The van der Waals surface area contributed by atoms with Gasteiger partial charge in [-0.2, -0.15) is 0 Å². The molecule has 0 radical (unpaired) electrons. The topological polar surface area (TPSA) is 58.3 Å². The number of hydrogen-bond acceptors (Lipinski definition) is 5. The van der Waals surface area contributed by atoms with Gasteiger partial charge in [0, 0.05) is 38.1 Å². The van der Waals surface area contributed by atoms with Crippen molar-refractivity contribution in [1.82, 2.24) is 14.9 Å². The average molecular weight is 249 g/mol. The number of nitrogens with two attached hydrogens (primary N) is 1. The third-order valence-electron chi connectivity index (χ3n) is 3.37. The number of piperazine rings is 1. The van der Waals surface area contributed by atoms with Crippen LogP contribution in [0.2, 0.25) is 0 Å². The monoisotopic (exact) mass is 249 g/mol. The van der Waals surface area contributed by atoms with Crippen LogP contribution >= 0.6 is 0 Å². The van der Waals surface area contributed by atoms with Gasteiger partial charge in [0.1, 0.15) is 0 Å². The summed E-state index contributed by atoms with van der Waals surface area (Å²) in [6.07, 6.45) is 4.17. The van der Waals surface area contributed by atoms with Crippen LogP contribution in [0.15, 0.2) is 12.3 Å². The molecule has 1 saturated heterocycles. The van der Waals surface area contributed by atoms with Crippen LogP contribution in [0.3, 0.4) is 0 Å². The maximum atomic E-state index is 5.51. The molecule has 0 saturated carbocycles. The summed E-state index contributed by atoms with van der Waals surface area (Å²) in [5, 5.41) is 0. The summed E-state index contributed by atoms with van der Waals surface area (Å²) in [6, 6.07) is 1.94. The van der Waals surface area contributed by atoms with E-state index in [-0.39, 0.29) is 0 Å². The number of rotatable bonds is 5. The smallest absolute Gasteiger partial charge is 0.225 e. The number of anilines is 1. The minimum atomic E-state index is 0.803. The molecule has 0 bridgehead atoms. The molecule has 0 spiro atoms. The van der Waals surface area contributed by atoms with Crippen LogP contribution in [0.1, 0.15) is 18.5 Å². The first-order chi connectivity index (χ1) is 8.79. The van der Waals surface area contributed by atoms with Crippen LogP contribution in [-0.2, 0) is 0 Å². The fraction of sp³-hybridized carbons (Fsp3) is 0.692. The molecule has 1 aliphatic heterocycles. The highest BCUT2D eigenvalue weighted by molar-refractivity contribution is 5.30. The Bertz CT molecular complexity index is 360. The predicted molar refractivity (Wildman–Crippen MR) is 73.7 cm³/mol. The molecule has 2 rings (SSSR count). The number of aromatic nitrogens is 2. The first kappa shape index (κ1) is 13.2. The predicted octanol–water partition coefficient (Wildman–Crippen LogP) is 0.646. The molecule has 5 nitrogen and oxygen atoms in total. The van der Waals surface area contributed by atoms with Crippen molar-refractivity contribution in [3.8, 4) is 0 Å². The first-order valence-corrected chi connectivity index (χ1v) is 6.76. The zero-order chi connectivity index (χ0) is 12.8. The van der Waals surface area contributed by atoms with E-state index in [2.05, 4.69) is 19.8 Å². The van der Waals surface area contributed by atoms with Crippen LogP contribution in [-0.4, -0.2) is 54.1 Å². The molecule has 2 N–H and O–H groups in total. The molecule has 18 heavy (non-hydrogen) atoms. The van der Waals surface area contributed by atoms with E-state index in [1.165, 1.54) is 13.0 Å². The maximum absolute atomic E-state index is 5.51. The summed E-state index contributed by atoms with van der Waals surface area (Å²) in [7, 11) is 0. The first-order valence-electron chi connectivity index (χ1n) is 6.76. The minimum absolute atomic E-state index is 0.803. The van der Waals surface area contributed by atoms with Crippen LogP contribution in [0, 0.1) is 6.92 Å². The molecule has 0 amide bonds. The number of unbranched alkanes of at least 4 members (excludes halogenated alkanes) is 1. The molecule has 100 valence electrons. The van der Waals surface area contributed by atoms with E-state index in [0.29, 0.717) is 0 Å². The van der Waals surface area contributed by atoms with Crippen molar-refractivity contribution in [2.45, 2.75) is 19.8 Å². The van der Waals surface area contributed by atoms with Crippen LogP contribution in [0.25, 0.3) is 0 Å². The minimum Gasteiger partial charge on any atom is -0.338 e. The summed E-state index contributed by atoms with van der Waals surface area (Å²) >= 11 is 0. The summed E-state index contributed by atoms with van der Waals surface area (Å²) < 4.78 is 0. The van der Waals surface area contributed by atoms with Gasteiger partial charge in [-0.1, -0.05) is 0 Å². The number of aryl methyl sites for hydroxylation is 1. The van der Waals surface area contributed by atoms with Gasteiger partial charge in [-0.15, -0.1) is 0 Å². The summed E-state index contributed by atoms with van der Waals surface area (Å²) in [5.74, 6) is 0.872. The molecule has 2 heterocycles. The second kappa shape index (κ2) is 6.66. The molecule has 0 aromatic carbocycles. The van der Waals surface area contributed by atoms with Gasteiger partial charge in [0.05, 0.1) is 0 Å². The fourth-order valence-corrected chi connectivity index (χ4v) is 2.24. The van der Waals surface area contributed by atoms with Crippen molar-refractivity contribution >= 4 is 5.95 Å². The van der Waals surface area contributed by atoms with E-state index < -0.39 is 0 Å². The van der Waals surface area contributed by atoms with E-state index in [0.717, 1.165) is 50.8 Å².